The van der Waals surface area contributed by atoms with Crippen molar-refractivity contribution in [3.63, 3.8) is 0 Å². The third-order valence-corrected chi connectivity index (χ3v) is 3.09. The molecular formula is C15H22N2O. The molecule has 2 rings (SSSR count). The van der Waals surface area contributed by atoms with Gasteiger partial charge in [-0.2, -0.15) is 0 Å². The SMILES string of the molecule is CC(C)CCNc1cccc(C(=O)NC2CC2)c1. The predicted octanol–water partition coefficient (Wildman–Crippen LogP) is 3.04. The lowest BCUT2D eigenvalue weighted by molar-refractivity contribution is 0.0951. The molecule has 1 aromatic rings. The van der Waals surface area contributed by atoms with E-state index in [1.54, 1.807) is 0 Å². The molecular weight excluding hydrogens is 224 g/mol. The summed E-state index contributed by atoms with van der Waals surface area (Å²) in [7, 11) is 0. The zero-order chi connectivity index (χ0) is 13.0. The fraction of sp³-hybridized carbons (Fsp3) is 0.533. The van der Waals surface area contributed by atoms with Gasteiger partial charge in [0, 0.05) is 23.8 Å². The largest absolute Gasteiger partial charge is 0.385 e. The molecule has 18 heavy (non-hydrogen) atoms. The first-order chi connectivity index (χ1) is 8.65. The van der Waals surface area contributed by atoms with Gasteiger partial charge in [0.25, 0.3) is 5.91 Å². The zero-order valence-electron chi connectivity index (χ0n) is 11.2. The molecule has 1 amide bonds. The van der Waals surface area contributed by atoms with Crippen LogP contribution in [0.5, 0.6) is 0 Å². The van der Waals surface area contributed by atoms with Gasteiger partial charge in [0.05, 0.1) is 0 Å². The molecule has 0 atom stereocenters. The van der Waals surface area contributed by atoms with Gasteiger partial charge in [0.15, 0.2) is 0 Å². The number of carbonyl (C=O) groups excluding carboxylic acids is 1. The molecule has 3 heteroatoms. The fourth-order valence-corrected chi connectivity index (χ4v) is 1.77. The summed E-state index contributed by atoms with van der Waals surface area (Å²) in [5, 5.41) is 6.37. The van der Waals surface area contributed by atoms with Crippen LogP contribution in [0.15, 0.2) is 24.3 Å². The van der Waals surface area contributed by atoms with Crippen LogP contribution in [0.1, 0.15) is 43.5 Å². The average Bonchev–Trinajstić information content (AvgIpc) is 3.13. The van der Waals surface area contributed by atoms with E-state index in [2.05, 4.69) is 24.5 Å². The monoisotopic (exact) mass is 246 g/mol. The van der Waals surface area contributed by atoms with Gasteiger partial charge in [0.2, 0.25) is 0 Å². The lowest BCUT2D eigenvalue weighted by atomic mass is 10.1. The normalized spacial score (nSPS) is 14.6. The summed E-state index contributed by atoms with van der Waals surface area (Å²) >= 11 is 0. The molecule has 0 radical (unpaired) electrons. The Kier molecular flexibility index (Phi) is 4.24. The first kappa shape index (κ1) is 12.9. The summed E-state index contributed by atoms with van der Waals surface area (Å²) in [6.07, 6.45) is 3.38. The minimum Gasteiger partial charge on any atom is -0.385 e. The van der Waals surface area contributed by atoms with E-state index in [0.29, 0.717) is 12.0 Å². The summed E-state index contributed by atoms with van der Waals surface area (Å²) in [6.45, 7) is 5.37. The van der Waals surface area contributed by atoms with E-state index < -0.39 is 0 Å². The Morgan fingerprint density at radius 2 is 2.17 bits per heavy atom. The maximum absolute atomic E-state index is 11.9. The van der Waals surface area contributed by atoms with Crippen molar-refractivity contribution in [2.24, 2.45) is 5.92 Å². The smallest absolute Gasteiger partial charge is 0.251 e. The van der Waals surface area contributed by atoms with Crippen molar-refractivity contribution in [1.82, 2.24) is 5.32 Å². The van der Waals surface area contributed by atoms with Gasteiger partial charge in [-0.25, -0.2) is 0 Å². The highest BCUT2D eigenvalue weighted by Crippen LogP contribution is 2.20. The lowest BCUT2D eigenvalue weighted by Gasteiger charge is -2.10. The van der Waals surface area contributed by atoms with Gasteiger partial charge < -0.3 is 10.6 Å². The quantitative estimate of drug-likeness (QED) is 0.810. The number of nitrogens with one attached hydrogen (secondary N) is 2. The second kappa shape index (κ2) is 5.89. The fourth-order valence-electron chi connectivity index (χ4n) is 1.77. The molecule has 98 valence electrons. The number of hydrogen-bond donors (Lipinski definition) is 2. The Bertz CT molecular complexity index is 411. The van der Waals surface area contributed by atoms with E-state index in [1.165, 1.54) is 0 Å². The average molecular weight is 246 g/mol. The topological polar surface area (TPSA) is 41.1 Å². The molecule has 0 heterocycles. The first-order valence-electron chi connectivity index (χ1n) is 6.80. The molecule has 3 nitrogen and oxygen atoms in total. The minimum absolute atomic E-state index is 0.0463. The Hall–Kier alpha value is -1.51. The number of amides is 1. The lowest BCUT2D eigenvalue weighted by Crippen LogP contribution is -2.25. The van der Waals surface area contributed by atoms with Crippen LogP contribution in [0.3, 0.4) is 0 Å². The van der Waals surface area contributed by atoms with Crippen molar-refractivity contribution in [2.45, 2.75) is 39.2 Å². The summed E-state index contributed by atoms with van der Waals surface area (Å²) in [5.74, 6) is 0.740. The van der Waals surface area contributed by atoms with E-state index in [4.69, 9.17) is 0 Å². The zero-order valence-corrected chi connectivity index (χ0v) is 11.2. The third-order valence-electron chi connectivity index (χ3n) is 3.09. The number of benzene rings is 1. The number of hydrogen-bond acceptors (Lipinski definition) is 2. The molecule has 0 aliphatic heterocycles. The molecule has 2 N–H and O–H groups in total. The van der Waals surface area contributed by atoms with Crippen molar-refractivity contribution < 1.29 is 4.79 Å². The molecule has 1 saturated carbocycles. The summed E-state index contributed by atoms with van der Waals surface area (Å²) in [4.78, 5) is 11.9. The summed E-state index contributed by atoms with van der Waals surface area (Å²) in [6, 6.07) is 8.15. The van der Waals surface area contributed by atoms with E-state index in [1.807, 2.05) is 24.3 Å². The molecule has 1 aliphatic rings. The number of anilines is 1. The second-order valence-corrected chi connectivity index (χ2v) is 5.44. The Labute approximate surface area is 109 Å². The van der Waals surface area contributed by atoms with E-state index in [9.17, 15) is 4.79 Å². The number of carbonyl (C=O) groups is 1. The van der Waals surface area contributed by atoms with Crippen LogP contribution in [-0.4, -0.2) is 18.5 Å². The molecule has 0 aromatic heterocycles. The highest BCUT2D eigenvalue weighted by molar-refractivity contribution is 5.95. The number of rotatable bonds is 6. The van der Waals surface area contributed by atoms with Crippen LogP contribution >= 0.6 is 0 Å². The summed E-state index contributed by atoms with van der Waals surface area (Å²) in [5.41, 5.74) is 1.77. The molecule has 1 aromatic carbocycles. The highest BCUT2D eigenvalue weighted by atomic mass is 16.1. The Morgan fingerprint density at radius 1 is 1.39 bits per heavy atom. The summed E-state index contributed by atoms with van der Waals surface area (Å²) < 4.78 is 0. The highest BCUT2D eigenvalue weighted by Gasteiger charge is 2.23. The van der Waals surface area contributed by atoms with Crippen LogP contribution in [0.25, 0.3) is 0 Å². The van der Waals surface area contributed by atoms with Crippen LogP contribution < -0.4 is 10.6 Å². The molecule has 0 saturated heterocycles. The van der Waals surface area contributed by atoms with Gasteiger partial charge >= 0.3 is 0 Å². The van der Waals surface area contributed by atoms with Crippen LogP contribution in [-0.2, 0) is 0 Å². The van der Waals surface area contributed by atoms with E-state index >= 15 is 0 Å². The molecule has 1 aliphatic carbocycles. The van der Waals surface area contributed by atoms with E-state index in [-0.39, 0.29) is 5.91 Å². The second-order valence-electron chi connectivity index (χ2n) is 5.44. The van der Waals surface area contributed by atoms with Gasteiger partial charge in [-0.15, -0.1) is 0 Å². The van der Waals surface area contributed by atoms with Gasteiger partial charge in [-0.3, -0.25) is 4.79 Å². The van der Waals surface area contributed by atoms with Crippen LogP contribution in [0.4, 0.5) is 5.69 Å². The minimum atomic E-state index is 0.0463. The van der Waals surface area contributed by atoms with Crippen LogP contribution in [0, 0.1) is 5.92 Å². The Morgan fingerprint density at radius 3 is 2.83 bits per heavy atom. The molecule has 0 bridgehead atoms. The van der Waals surface area contributed by atoms with Gasteiger partial charge in [0.1, 0.15) is 0 Å². The first-order valence-corrected chi connectivity index (χ1v) is 6.80. The van der Waals surface area contributed by atoms with E-state index in [0.717, 1.165) is 37.1 Å². The maximum atomic E-state index is 11.9. The van der Waals surface area contributed by atoms with Gasteiger partial charge in [-0.1, -0.05) is 19.9 Å². The van der Waals surface area contributed by atoms with Crippen molar-refractivity contribution in [3.8, 4) is 0 Å². The van der Waals surface area contributed by atoms with Crippen molar-refractivity contribution >= 4 is 11.6 Å². The third kappa shape index (κ3) is 4.06. The van der Waals surface area contributed by atoms with Crippen molar-refractivity contribution in [1.29, 1.82) is 0 Å². The molecule has 1 fully saturated rings. The molecule has 0 spiro atoms. The Balaban J connectivity index is 1.89. The standard InChI is InChI=1S/C15H22N2O/c1-11(2)8-9-16-14-5-3-4-12(10-14)15(18)17-13-6-7-13/h3-5,10-11,13,16H,6-9H2,1-2H3,(H,17,18). The predicted molar refractivity (Wildman–Crippen MR) is 74.9 cm³/mol. The maximum Gasteiger partial charge on any atom is 0.251 e. The van der Waals surface area contributed by atoms with Gasteiger partial charge in [-0.05, 0) is 43.4 Å². The van der Waals surface area contributed by atoms with Crippen LogP contribution in [0.2, 0.25) is 0 Å². The molecule has 0 unspecified atom stereocenters. The van der Waals surface area contributed by atoms with Crippen molar-refractivity contribution in [2.75, 3.05) is 11.9 Å². The van der Waals surface area contributed by atoms with Crippen molar-refractivity contribution in [3.05, 3.63) is 29.8 Å².